The van der Waals surface area contributed by atoms with Crippen LogP contribution in [-0.2, 0) is 19.5 Å². The number of hydrogen-bond donors (Lipinski definition) is 0. The predicted molar refractivity (Wildman–Crippen MR) is 89.6 cm³/mol. The fourth-order valence-electron chi connectivity index (χ4n) is 4.55. The highest BCUT2D eigenvalue weighted by Crippen LogP contribution is 2.34. The fourth-order valence-corrected chi connectivity index (χ4v) is 4.55. The van der Waals surface area contributed by atoms with Gasteiger partial charge >= 0.3 is 0 Å². The molecule has 0 radical (unpaired) electrons. The lowest BCUT2D eigenvalue weighted by Gasteiger charge is -2.22. The SMILES string of the molecule is Cc1cc(N2CC3CN(Cc4nnc5n4CCC5)CC3C2)ncn1. The molecule has 3 aliphatic rings. The Bertz CT molecular complexity index is 741. The maximum absolute atomic E-state index is 4.45. The monoisotopic (exact) mass is 325 g/mol. The van der Waals surface area contributed by atoms with Crippen LogP contribution in [0, 0.1) is 18.8 Å². The third-order valence-electron chi connectivity index (χ3n) is 5.73. The number of hydrogen-bond acceptors (Lipinski definition) is 6. The van der Waals surface area contributed by atoms with Crippen LogP contribution in [-0.4, -0.2) is 55.8 Å². The lowest BCUT2D eigenvalue weighted by molar-refractivity contribution is 0.296. The average molecular weight is 325 g/mol. The van der Waals surface area contributed by atoms with E-state index in [0.29, 0.717) is 0 Å². The minimum Gasteiger partial charge on any atom is -0.356 e. The van der Waals surface area contributed by atoms with Crippen LogP contribution in [0.1, 0.15) is 23.8 Å². The molecule has 2 saturated heterocycles. The summed E-state index contributed by atoms with van der Waals surface area (Å²) in [6, 6.07) is 2.10. The molecule has 2 atom stereocenters. The van der Waals surface area contributed by atoms with E-state index >= 15 is 0 Å². The summed E-state index contributed by atoms with van der Waals surface area (Å²) in [5.74, 6) is 4.89. The Morgan fingerprint density at radius 1 is 1.08 bits per heavy atom. The second-order valence-corrected chi connectivity index (χ2v) is 7.42. The van der Waals surface area contributed by atoms with Crippen LogP contribution in [0.2, 0.25) is 0 Å². The van der Waals surface area contributed by atoms with Crippen LogP contribution in [0.4, 0.5) is 5.82 Å². The van der Waals surface area contributed by atoms with Gasteiger partial charge in [-0.15, -0.1) is 10.2 Å². The van der Waals surface area contributed by atoms with Crippen molar-refractivity contribution in [3.63, 3.8) is 0 Å². The van der Waals surface area contributed by atoms with Crippen molar-refractivity contribution in [2.45, 2.75) is 32.9 Å². The maximum Gasteiger partial charge on any atom is 0.147 e. The zero-order chi connectivity index (χ0) is 16.1. The molecule has 7 heteroatoms. The number of aryl methyl sites for hydroxylation is 2. The van der Waals surface area contributed by atoms with E-state index in [1.54, 1.807) is 6.33 Å². The maximum atomic E-state index is 4.45. The van der Waals surface area contributed by atoms with Crippen molar-refractivity contribution in [1.82, 2.24) is 29.6 Å². The third-order valence-corrected chi connectivity index (χ3v) is 5.73. The van der Waals surface area contributed by atoms with Gasteiger partial charge in [-0.25, -0.2) is 9.97 Å². The van der Waals surface area contributed by atoms with E-state index < -0.39 is 0 Å². The van der Waals surface area contributed by atoms with Crippen LogP contribution in [0.25, 0.3) is 0 Å². The molecule has 0 bridgehead atoms. The molecule has 24 heavy (non-hydrogen) atoms. The van der Waals surface area contributed by atoms with Crippen molar-refractivity contribution >= 4 is 5.82 Å². The van der Waals surface area contributed by atoms with Crippen molar-refractivity contribution in [3.8, 4) is 0 Å². The van der Waals surface area contributed by atoms with E-state index in [0.717, 1.165) is 74.9 Å². The number of rotatable bonds is 3. The Hall–Kier alpha value is -2.02. The van der Waals surface area contributed by atoms with Gasteiger partial charge in [-0.3, -0.25) is 4.90 Å². The topological polar surface area (TPSA) is 63.0 Å². The molecule has 2 aromatic rings. The molecule has 0 aromatic carbocycles. The summed E-state index contributed by atoms with van der Waals surface area (Å²) in [6.45, 7) is 8.61. The lowest BCUT2D eigenvalue weighted by atomic mass is 10.0. The zero-order valence-corrected chi connectivity index (χ0v) is 14.1. The number of anilines is 1. The minimum absolute atomic E-state index is 0.737. The van der Waals surface area contributed by atoms with Crippen molar-refractivity contribution in [3.05, 3.63) is 29.7 Å². The Balaban J connectivity index is 1.24. The Morgan fingerprint density at radius 3 is 2.71 bits per heavy atom. The molecule has 3 aliphatic heterocycles. The highest BCUT2D eigenvalue weighted by atomic mass is 15.3. The van der Waals surface area contributed by atoms with Crippen molar-refractivity contribution < 1.29 is 0 Å². The molecule has 2 unspecified atom stereocenters. The third kappa shape index (κ3) is 2.38. The summed E-state index contributed by atoms with van der Waals surface area (Å²) in [7, 11) is 0. The molecule has 0 N–H and O–H groups in total. The van der Waals surface area contributed by atoms with Crippen molar-refractivity contribution in [1.29, 1.82) is 0 Å². The Kier molecular flexibility index (Phi) is 3.29. The van der Waals surface area contributed by atoms with E-state index in [1.807, 2.05) is 6.92 Å². The van der Waals surface area contributed by atoms with Gasteiger partial charge in [0.2, 0.25) is 0 Å². The van der Waals surface area contributed by atoms with Crippen LogP contribution in [0.15, 0.2) is 12.4 Å². The van der Waals surface area contributed by atoms with Gasteiger partial charge in [0.15, 0.2) is 0 Å². The largest absolute Gasteiger partial charge is 0.356 e. The van der Waals surface area contributed by atoms with Gasteiger partial charge in [-0.1, -0.05) is 0 Å². The molecule has 5 heterocycles. The zero-order valence-electron chi connectivity index (χ0n) is 14.1. The molecular formula is C17H23N7. The molecule has 2 aromatic heterocycles. The van der Waals surface area contributed by atoms with Crippen LogP contribution < -0.4 is 4.90 Å². The molecule has 0 amide bonds. The minimum atomic E-state index is 0.737. The van der Waals surface area contributed by atoms with E-state index in [1.165, 1.54) is 12.2 Å². The van der Waals surface area contributed by atoms with Crippen molar-refractivity contribution in [2.75, 3.05) is 31.1 Å². The Labute approximate surface area is 141 Å². The van der Waals surface area contributed by atoms with Crippen LogP contribution in [0.3, 0.4) is 0 Å². The first-order valence-corrected chi connectivity index (χ1v) is 8.93. The van der Waals surface area contributed by atoms with E-state index in [2.05, 4.69) is 40.6 Å². The fraction of sp³-hybridized carbons (Fsp3) is 0.647. The molecular weight excluding hydrogens is 302 g/mol. The number of nitrogens with zero attached hydrogens (tertiary/aromatic N) is 7. The normalized spacial score (nSPS) is 26.1. The summed E-state index contributed by atoms with van der Waals surface area (Å²) < 4.78 is 2.32. The van der Waals surface area contributed by atoms with Gasteiger partial charge < -0.3 is 9.47 Å². The number of aromatic nitrogens is 5. The summed E-state index contributed by atoms with van der Waals surface area (Å²) in [4.78, 5) is 13.6. The molecule has 126 valence electrons. The highest BCUT2D eigenvalue weighted by Gasteiger charge is 2.40. The average Bonchev–Trinajstić information content (AvgIpc) is 3.29. The number of likely N-dealkylation sites (tertiary alicyclic amines) is 1. The molecule has 0 spiro atoms. The van der Waals surface area contributed by atoms with Crippen LogP contribution >= 0.6 is 0 Å². The molecule has 2 fully saturated rings. The molecule has 7 nitrogen and oxygen atoms in total. The van der Waals surface area contributed by atoms with Gasteiger partial charge in [0.1, 0.15) is 23.8 Å². The first-order chi connectivity index (χ1) is 11.8. The Morgan fingerprint density at radius 2 is 1.92 bits per heavy atom. The summed E-state index contributed by atoms with van der Waals surface area (Å²) in [6.07, 6.45) is 3.99. The summed E-state index contributed by atoms with van der Waals surface area (Å²) in [5, 5.41) is 8.75. The van der Waals surface area contributed by atoms with Gasteiger partial charge in [0.05, 0.1) is 6.54 Å². The van der Waals surface area contributed by atoms with Gasteiger partial charge in [0, 0.05) is 50.9 Å². The van der Waals surface area contributed by atoms with E-state index in [4.69, 9.17) is 0 Å². The van der Waals surface area contributed by atoms with Gasteiger partial charge in [0.25, 0.3) is 0 Å². The summed E-state index contributed by atoms with van der Waals surface area (Å²) >= 11 is 0. The van der Waals surface area contributed by atoms with E-state index in [-0.39, 0.29) is 0 Å². The first kappa shape index (κ1) is 14.3. The molecule has 0 saturated carbocycles. The molecule has 5 rings (SSSR count). The van der Waals surface area contributed by atoms with Gasteiger partial charge in [-0.2, -0.15) is 0 Å². The predicted octanol–water partition coefficient (Wildman–Crippen LogP) is 0.891. The lowest BCUT2D eigenvalue weighted by Crippen LogP contribution is -2.29. The standard InChI is InChI=1S/C17H23N7/c1-12-5-16(19-11-18-12)23-8-13-6-22(7-14(13)9-23)10-17-21-20-15-3-2-4-24(15)17/h5,11,13-14H,2-4,6-10H2,1H3. The van der Waals surface area contributed by atoms with Crippen molar-refractivity contribution in [2.24, 2.45) is 11.8 Å². The number of fused-ring (bicyclic) bond motifs is 2. The second kappa shape index (κ2) is 5.51. The smallest absolute Gasteiger partial charge is 0.147 e. The second-order valence-electron chi connectivity index (χ2n) is 7.42. The molecule has 0 aliphatic carbocycles. The van der Waals surface area contributed by atoms with Gasteiger partial charge in [-0.05, 0) is 25.2 Å². The van der Waals surface area contributed by atoms with Crippen LogP contribution in [0.5, 0.6) is 0 Å². The van der Waals surface area contributed by atoms with E-state index in [9.17, 15) is 0 Å². The highest BCUT2D eigenvalue weighted by molar-refractivity contribution is 5.40. The quantitative estimate of drug-likeness (QED) is 0.835. The first-order valence-electron chi connectivity index (χ1n) is 8.93. The summed E-state index contributed by atoms with van der Waals surface area (Å²) in [5.41, 5.74) is 1.04.